The van der Waals surface area contributed by atoms with Crippen LogP contribution in [0.5, 0.6) is 11.5 Å². The summed E-state index contributed by atoms with van der Waals surface area (Å²) in [6.07, 6.45) is 2.52. The third-order valence-corrected chi connectivity index (χ3v) is 3.72. The Morgan fingerprint density at radius 3 is 2.90 bits per heavy atom. The highest BCUT2D eigenvalue weighted by molar-refractivity contribution is 5.38. The molecule has 0 fully saturated rings. The number of aryl methyl sites for hydroxylation is 1. The lowest BCUT2D eigenvalue weighted by Gasteiger charge is -2.22. The number of phenolic OH excluding ortho intramolecular Hbond substituents is 1. The molecule has 1 aliphatic carbocycles. The Bertz CT molecular complexity index is 607. The van der Waals surface area contributed by atoms with Gasteiger partial charge in [-0.15, -0.1) is 0 Å². The van der Waals surface area contributed by atoms with Crippen molar-refractivity contribution in [2.45, 2.75) is 32.0 Å². The van der Waals surface area contributed by atoms with Crippen molar-refractivity contribution in [1.29, 1.82) is 0 Å². The first-order valence-corrected chi connectivity index (χ1v) is 6.94. The van der Waals surface area contributed by atoms with Crippen molar-refractivity contribution in [2.24, 2.45) is 0 Å². The summed E-state index contributed by atoms with van der Waals surface area (Å²) in [6, 6.07) is 12.9. The van der Waals surface area contributed by atoms with Gasteiger partial charge in [-0.05, 0) is 60.2 Å². The Labute approximate surface area is 118 Å². The van der Waals surface area contributed by atoms with E-state index in [0.717, 1.165) is 36.1 Å². The number of hydrogen-bond acceptors (Lipinski definition) is 3. The maximum Gasteiger partial charge on any atom is 0.120 e. The van der Waals surface area contributed by atoms with E-state index in [2.05, 4.69) is 0 Å². The van der Waals surface area contributed by atoms with Crippen molar-refractivity contribution in [3.8, 4) is 11.5 Å². The first-order valence-electron chi connectivity index (χ1n) is 6.94. The van der Waals surface area contributed by atoms with E-state index in [9.17, 15) is 10.2 Å². The second-order valence-corrected chi connectivity index (χ2v) is 5.23. The van der Waals surface area contributed by atoms with Gasteiger partial charge in [-0.3, -0.25) is 0 Å². The maximum atomic E-state index is 10.0. The van der Waals surface area contributed by atoms with Crippen molar-refractivity contribution in [1.82, 2.24) is 0 Å². The molecule has 3 rings (SSSR count). The Morgan fingerprint density at radius 1 is 1.15 bits per heavy atom. The van der Waals surface area contributed by atoms with Crippen molar-refractivity contribution in [3.63, 3.8) is 0 Å². The number of hydrogen-bond donors (Lipinski definition) is 2. The van der Waals surface area contributed by atoms with Gasteiger partial charge in [0.25, 0.3) is 0 Å². The quantitative estimate of drug-likeness (QED) is 0.899. The van der Waals surface area contributed by atoms with Gasteiger partial charge in [0.15, 0.2) is 0 Å². The third kappa shape index (κ3) is 2.78. The first-order chi connectivity index (χ1) is 9.72. The summed E-state index contributed by atoms with van der Waals surface area (Å²) in [4.78, 5) is 0. The lowest BCUT2D eigenvalue weighted by Crippen LogP contribution is -2.09. The number of aliphatic hydroxyl groups is 1. The van der Waals surface area contributed by atoms with E-state index in [1.807, 2.05) is 24.3 Å². The average molecular weight is 270 g/mol. The van der Waals surface area contributed by atoms with Crippen LogP contribution in [0.1, 0.15) is 35.6 Å². The molecule has 2 aromatic carbocycles. The summed E-state index contributed by atoms with van der Waals surface area (Å²) < 4.78 is 5.74. The summed E-state index contributed by atoms with van der Waals surface area (Å²) >= 11 is 0. The van der Waals surface area contributed by atoms with E-state index < -0.39 is 0 Å². The molecule has 2 aromatic rings. The molecule has 0 saturated heterocycles. The number of rotatable bonds is 3. The largest absolute Gasteiger partial charge is 0.508 e. The summed E-state index contributed by atoms with van der Waals surface area (Å²) in [5.41, 5.74) is 3.13. The summed E-state index contributed by atoms with van der Waals surface area (Å²) in [5, 5.41) is 19.4. The number of aromatic hydroxyl groups is 1. The lowest BCUT2D eigenvalue weighted by molar-refractivity contribution is 0.156. The van der Waals surface area contributed by atoms with Crippen molar-refractivity contribution in [2.75, 3.05) is 0 Å². The van der Waals surface area contributed by atoms with Gasteiger partial charge in [-0.2, -0.15) is 0 Å². The molecule has 0 amide bonds. The zero-order chi connectivity index (χ0) is 13.9. The lowest BCUT2D eigenvalue weighted by atomic mass is 9.89. The van der Waals surface area contributed by atoms with Crippen LogP contribution < -0.4 is 4.74 Å². The number of phenols is 1. The molecule has 20 heavy (non-hydrogen) atoms. The Morgan fingerprint density at radius 2 is 2.05 bits per heavy atom. The van der Waals surface area contributed by atoms with Gasteiger partial charge in [0.1, 0.15) is 18.1 Å². The van der Waals surface area contributed by atoms with Crippen molar-refractivity contribution in [3.05, 3.63) is 59.2 Å². The molecule has 0 unspecified atom stereocenters. The minimum Gasteiger partial charge on any atom is -0.508 e. The third-order valence-electron chi connectivity index (χ3n) is 3.72. The molecule has 0 bridgehead atoms. The minimum atomic E-state index is -0.372. The van der Waals surface area contributed by atoms with E-state index >= 15 is 0 Å². The maximum absolute atomic E-state index is 10.0. The predicted molar refractivity (Wildman–Crippen MR) is 76.8 cm³/mol. The van der Waals surface area contributed by atoms with Crippen LogP contribution in [0.15, 0.2) is 42.5 Å². The van der Waals surface area contributed by atoms with Crippen LogP contribution >= 0.6 is 0 Å². The van der Waals surface area contributed by atoms with Gasteiger partial charge >= 0.3 is 0 Å². The molecule has 3 heteroatoms. The van der Waals surface area contributed by atoms with Gasteiger partial charge in [0, 0.05) is 0 Å². The van der Waals surface area contributed by atoms with Crippen molar-refractivity contribution < 1.29 is 14.9 Å². The van der Waals surface area contributed by atoms with Gasteiger partial charge in [0.05, 0.1) is 6.10 Å². The Kier molecular flexibility index (Phi) is 3.61. The molecule has 2 N–H and O–H groups in total. The highest BCUT2D eigenvalue weighted by Crippen LogP contribution is 2.32. The molecule has 0 radical (unpaired) electrons. The highest BCUT2D eigenvalue weighted by Gasteiger charge is 2.18. The van der Waals surface area contributed by atoms with Gasteiger partial charge in [0.2, 0.25) is 0 Å². The zero-order valence-electron chi connectivity index (χ0n) is 11.2. The molecule has 0 spiro atoms. The molecule has 0 saturated carbocycles. The normalized spacial score (nSPS) is 17.6. The Hall–Kier alpha value is -2.00. The van der Waals surface area contributed by atoms with Crippen LogP contribution in [0.2, 0.25) is 0 Å². The second-order valence-electron chi connectivity index (χ2n) is 5.23. The number of aliphatic hydroxyl groups excluding tert-OH is 1. The van der Waals surface area contributed by atoms with E-state index in [1.165, 1.54) is 5.56 Å². The molecule has 104 valence electrons. The molecule has 0 aliphatic heterocycles. The van der Waals surface area contributed by atoms with Crippen LogP contribution in [-0.4, -0.2) is 10.2 Å². The molecule has 3 nitrogen and oxygen atoms in total. The topological polar surface area (TPSA) is 49.7 Å². The fourth-order valence-corrected chi connectivity index (χ4v) is 2.65. The van der Waals surface area contributed by atoms with Gasteiger partial charge in [-0.25, -0.2) is 0 Å². The summed E-state index contributed by atoms with van der Waals surface area (Å²) in [7, 11) is 0. The Balaban J connectivity index is 1.73. The molecular weight excluding hydrogens is 252 g/mol. The van der Waals surface area contributed by atoms with Crippen LogP contribution in [0.4, 0.5) is 0 Å². The molecule has 0 heterocycles. The number of benzene rings is 2. The van der Waals surface area contributed by atoms with Gasteiger partial charge < -0.3 is 14.9 Å². The zero-order valence-corrected chi connectivity index (χ0v) is 11.2. The highest BCUT2D eigenvalue weighted by atomic mass is 16.5. The molecule has 0 aromatic heterocycles. The van der Waals surface area contributed by atoms with E-state index in [0.29, 0.717) is 6.61 Å². The SMILES string of the molecule is Oc1cccc(COc2ccc3c(c2)[C@H](O)CCC3)c1. The van der Waals surface area contributed by atoms with E-state index in [1.54, 1.807) is 18.2 Å². The molecular formula is C17H18O3. The van der Waals surface area contributed by atoms with E-state index in [-0.39, 0.29) is 11.9 Å². The van der Waals surface area contributed by atoms with Gasteiger partial charge in [-0.1, -0.05) is 18.2 Å². The molecule has 1 atom stereocenters. The second kappa shape index (κ2) is 5.55. The fraction of sp³-hybridized carbons (Fsp3) is 0.294. The van der Waals surface area contributed by atoms with Crippen LogP contribution in [0.25, 0.3) is 0 Å². The standard InChI is InChI=1S/C17H18O3/c18-14-5-1-3-12(9-14)11-20-15-8-7-13-4-2-6-17(19)16(13)10-15/h1,3,5,7-10,17-19H,2,4,6,11H2/t17-/m1/s1. The molecule has 1 aliphatic rings. The summed E-state index contributed by atoms with van der Waals surface area (Å²) in [6.45, 7) is 0.406. The predicted octanol–water partition coefficient (Wildman–Crippen LogP) is 3.34. The van der Waals surface area contributed by atoms with Crippen LogP contribution in [-0.2, 0) is 13.0 Å². The van der Waals surface area contributed by atoms with Crippen molar-refractivity contribution >= 4 is 0 Å². The minimum absolute atomic E-state index is 0.243. The van der Waals surface area contributed by atoms with Crippen LogP contribution in [0, 0.1) is 0 Å². The smallest absolute Gasteiger partial charge is 0.120 e. The summed E-state index contributed by atoms with van der Waals surface area (Å²) in [5.74, 6) is 1.00. The van der Waals surface area contributed by atoms with E-state index in [4.69, 9.17) is 4.74 Å². The monoisotopic (exact) mass is 270 g/mol. The first kappa shape index (κ1) is 13.0. The number of ether oxygens (including phenoxy) is 1. The fourth-order valence-electron chi connectivity index (χ4n) is 2.65. The average Bonchev–Trinajstić information content (AvgIpc) is 2.46. The van der Waals surface area contributed by atoms with Crippen LogP contribution in [0.3, 0.4) is 0 Å². The number of fused-ring (bicyclic) bond motifs is 1.